The quantitative estimate of drug-likeness (QED) is 0.314. The van der Waals surface area contributed by atoms with Crippen molar-refractivity contribution in [2.45, 2.75) is 6.92 Å². The van der Waals surface area contributed by atoms with E-state index in [0.717, 1.165) is 16.3 Å². The normalized spacial score (nSPS) is 11.1. The first-order valence-electron chi connectivity index (χ1n) is 7.34. The molecule has 0 aliphatic heterocycles. The van der Waals surface area contributed by atoms with Gasteiger partial charge < -0.3 is 10.5 Å². The Hall–Kier alpha value is -3.87. The molecule has 1 N–H and O–H groups in total. The minimum atomic E-state index is -0.873. The first-order chi connectivity index (χ1) is 12.8. The number of hydrogen-bond donors (Lipinski definition) is 1. The second-order valence-corrected chi connectivity index (χ2v) is 6.58. The van der Waals surface area contributed by atoms with Crippen molar-refractivity contribution < 1.29 is 19.4 Å². The van der Waals surface area contributed by atoms with Gasteiger partial charge in [-0.15, -0.1) is 0 Å². The molecule has 0 bridgehead atoms. The summed E-state index contributed by atoms with van der Waals surface area (Å²) < 4.78 is 5.25. The van der Waals surface area contributed by atoms with E-state index in [1.54, 1.807) is 6.07 Å². The number of rotatable bonds is 4. The second-order valence-electron chi connectivity index (χ2n) is 5.55. The molecule has 4 aromatic rings. The number of thiazole rings is 1. The van der Waals surface area contributed by atoms with E-state index in [0.29, 0.717) is 5.52 Å². The van der Waals surface area contributed by atoms with Crippen LogP contribution in [-0.2, 0) is 0 Å². The van der Waals surface area contributed by atoms with Crippen LogP contribution in [0.25, 0.3) is 21.3 Å². The lowest BCUT2D eigenvalue weighted by molar-refractivity contribution is -0.782. The van der Waals surface area contributed by atoms with E-state index in [2.05, 4.69) is 20.1 Å². The Labute approximate surface area is 152 Å². The molecular formula is C14H8N6O6S. The zero-order valence-electron chi connectivity index (χ0n) is 13.4. The highest BCUT2D eigenvalue weighted by atomic mass is 32.1. The molecule has 0 aliphatic carbocycles. The van der Waals surface area contributed by atoms with Gasteiger partial charge in [0.25, 0.3) is 5.52 Å². The molecule has 13 heteroatoms. The van der Waals surface area contributed by atoms with Crippen molar-refractivity contribution in [2.24, 2.45) is 0 Å². The van der Waals surface area contributed by atoms with Crippen molar-refractivity contribution in [1.29, 1.82) is 0 Å². The Kier molecular flexibility index (Phi) is 3.59. The number of hydrogen-bond acceptors (Lipinski definition) is 10. The average molecular weight is 388 g/mol. The van der Waals surface area contributed by atoms with Gasteiger partial charge in [0.2, 0.25) is 0 Å². The molecular weight excluding hydrogens is 380 g/mol. The number of nitrogens with one attached hydrogen (secondary N) is 1. The van der Waals surface area contributed by atoms with Gasteiger partial charge in [0.1, 0.15) is 6.07 Å². The number of fused-ring (bicyclic) bond motifs is 2. The monoisotopic (exact) mass is 388 g/mol. The topological polar surface area (TPSA) is 164 Å². The van der Waals surface area contributed by atoms with Crippen LogP contribution in [0.5, 0.6) is 0 Å². The van der Waals surface area contributed by atoms with Gasteiger partial charge in [0.15, 0.2) is 10.8 Å². The number of aromatic nitrogens is 3. The number of non-ortho nitro benzene ring substituents is 1. The summed E-state index contributed by atoms with van der Waals surface area (Å²) in [5.74, 6) is 0. The van der Waals surface area contributed by atoms with Gasteiger partial charge in [-0.25, -0.2) is 4.98 Å². The van der Waals surface area contributed by atoms with Gasteiger partial charge in [-0.1, -0.05) is 17.4 Å². The zero-order chi connectivity index (χ0) is 19.3. The zero-order valence-corrected chi connectivity index (χ0v) is 14.2. The summed E-state index contributed by atoms with van der Waals surface area (Å²) in [7, 11) is 0. The highest BCUT2D eigenvalue weighted by Crippen LogP contribution is 2.39. The van der Waals surface area contributed by atoms with Crippen molar-refractivity contribution >= 4 is 54.8 Å². The Morgan fingerprint density at radius 2 is 1.93 bits per heavy atom. The maximum Gasteiger partial charge on any atom is 0.334 e. The van der Waals surface area contributed by atoms with Gasteiger partial charge in [0, 0.05) is 0 Å². The first-order valence-corrected chi connectivity index (χ1v) is 8.16. The number of nitrogens with zero attached hydrogens (tertiary/aromatic N) is 5. The lowest BCUT2D eigenvalue weighted by Gasteiger charge is -2.03. The molecule has 0 spiro atoms. The van der Waals surface area contributed by atoms with E-state index in [-0.39, 0.29) is 15.7 Å². The maximum atomic E-state index is 11.9. The second kappa shape index (κ2) is 5.84. The van der Waals surface area contributed by atoms with Crippen LogP contribution < -0.4 is 10.2 Å². The number of benzene rings is 2. The van der Waals surface area contributed by atoms with Gasteiger partial charge in [0.05, 0.1) is 25.2 Å². The fourth-order valence-corrected chi connectivity index (χ4v) is 3.58. The van der Waals surface area contributed by atoms with E-state index in [4.69, 9.17) is 0 Å². The fraction of sp³-hybridized carbons (Fsp3) is 0.0714. The predicted octanol–water partition coefficient (Wildman–Crippen LogP) is 2.94. The minimum Gasteiger partial charge on any atom is -0.359 e. The van der Waals surface area contributed by atoms with Crippen molar-refractivity contribution in [3.8, 4) is 0 Å². The van der Waals surface area contributed by atoms with Crippen LogP contribution in [-0.4, -0.2) is 20.0 Å². The number of anilines is 2. The van der Waals surface area contributed by atoms with Crippen molar-refractivity contribution in [1.82, 2.24) is 10.1 Å². The highest BCUT2D eigenvalue weighted by molar-refractivity contribution is 7.22. The van der Waals surface area contributed by atoms with E-state index in [9.17, 15) is 25.4 Å². The van der Waals surface area contributed by atoms with Gasteiger partial charge in [-0.3, -0.25) is 24.9 Å². The molecule has 0 saturated heterocycles. The van der Waals surface area contributed by atoms with Gasteiger partial charge in [-0.2, -0.15) is 0 Å². The third-order valence-electron chi connectivity index (χ3n) is 3.79. The lowest BCUT2D eigenvalue weighted by atomic mass is 10.2. The Morgan fingerprint density at radius 3 is 2.63 bits per heavy atom. The molecule has 136 valence electrons. The molecule has 4 rings (SSSR count). The summed E-state index contributed by atoms with van der Waals surface area (Å²) in [6.07, 6.45) is 0. The van der Waals surface area contributed by atoms with Crippen molar-refractivity contribution in [3.05, 3.63) is 55.3 Å². The molecule has 0 amide bonds. The lowest BCUT2D eigenvalue weighted by Crippen LogP contribution is -2.24. The number of nitro groups is 2. The van der Waals surface area contributed by atoms with E-state index >= 15 is 0 Å². The van der Waals surface area contributed by atoms with Gasteiger partial charge >= 0.3 is 16.9 Å². The highest BCUT2D eigenvalue weighted by Gasteiger charge is 2.34. The molecule has 0 radical (unpaired) electrons. The summed E-state index contributed by atoms with van der Waals surface area (Å²) in [6.45, 7) is 1.91. The fourth-order valence-electron chi connectivity index (χ4n) is 2.62. The molecule has 2 aromatic heterocycles. The summed E-state index contributed by atoms with van der Waals surface area (Å²) in [5.41, 5.74) is -0.843. The van der Waals surface area contributed by atoms with Crippen LogP contribution in [0.4, 0.5) is 22.2 Å². The summed E-state index contributed by atoms with van der Waals surface area (Å²) in [4.78, 5) is 25.1. The van der Waals surface area contributed by atoms with Crippen LogP contribution in [0.2, 0.25) is 0 Å². The van der Waals surface area contributed by atoms with Gasteiger partial charge in [-0.05, 0) is 29.5 Å². The molecule has 12 nitrogen and oxygen atoms in total. The minimum absolute atomic E-state index is 0.116. The maximum absolute atomic E-state index is 11.9. The smallest absolute Gasteiger partial charge is 0.334 e. The third kappa shape index (κ3) is 2.65. The van der Waals surface area contributed by atoms with E-state index < -0.39 is 32.3 Å². The van der Waals surface area contributed by atoms with E-state index in [1.165, 1.54) is 11.3 Å². The van der Waals surface area contributed by atoms with E-state index in [1.807, 2.05) is 19.1 Å². The van der Waals surface area contributed by atoms with Crippen molar-refractivity contribution in [2.75, 3.05) is 5.32 Å². The largest absolute Gasteiger partial charge is 0.359 e. The molecule has 0 atom stereocenters. The van der Waals surface area contributed by atoms with Crippen LogP contribution in [0.15, 0.2) is 28.9 Å². The molecule has 27 heavy (non-hydrogen) atoms. The summed E-state index contributed by atoms with van der Waals surface area (Å²) in [5, 5.41) is 40.9. The van der Waals surface area contributed by atoms with Crippen molar-refractivity contribution in [3.63, 3.8) is 0 Å². The molecule has 2 heterocycles. The molecule has 0 fully saturated rings. The molecule has 2 aromatic carbocycles. The first kappa shape index (κ1) is 16.6. The third-order valence-corrected chi connectivity index (χ3v) is 4.73. The Bertz CT molecular complexity index is 1250. The Balaban J connectivity index is 1.95. The molecule has 0 aliphatic rings. The Morgan fingerprint density at radius 1 is 1.19 bits per heavy atom. The predicted molar refractivity (Wildman–Crippen MR) is 93.9 cm³/mol. The summed E-state index contributed by atoms with van der Waals surface area (Å²) in [6, 6.07) is 6.28. The SMILES string of the molecule is Cc1ccc2nc(Nc3c([N+](=O)[O-])cc([N+](=O)[O-])c4no[n+]([O-])c34)sc2c1. The van der Waals surface area contributed by atoms with Crippen LogP contribution in [0.1, 0.15) is 5.56 Å². The van der Waals surface area contributed by atoms with Crippen LogP contribution >= 0.6 is 11.3 Å². The average Bonchev–Trinajstić information content (AvgIpc) is 3.17. The standard InChI is InChI=1S/C14H8N6O6S/c1-6-2-3-7-10(4-6)27-14(15-7)16-11-8(18(21)22)5-9(19(23)24)12-13(11)20(25)26-17-12/h2-5H,1H3,(H,15,16). The van der Waals surface area contributed by atoms with Crippen LogP contribution in [0.3, 0.4) is 0 Å². The number of aryl methyl sites for hydroxylation is 1. The summed E-state index contributed by atoms with van der Waals surface area (Å²) >= 11 is 1.21. The number of nitro benzene ring substituents is 2. The molecule has 0 saturated carbocycles. The van der Waals surface area contributed by atoms with Crippen LogP contribution in [0, 0.1) is 32.4 Å². The molecule has 0 unspecified atom stereocenters.